The van der Waals surface area contributed by atoms with E-state index in [0.29, 0.717) is 55.7 Å². The van der Waals surface area contributed by atoms with Crippen LogP contribution in [-0.2, 0) is 0 Å². The van der Waals surface area contributed by atoms with Gasteiger partial charge < -0.3 is 17.7 Å². The molecule has 4 heterocycles. The maximum absolute atomic E-state index is 7.37. The highest BCUT2D eigenvalue weighted by atomic mass is 16.4. The van der Waals surface area contributed by atoms with Gasteiger partial charge in [-0.05, 0) is 138 Å². The molecule has 0 aliphatic carbocycles. The smallest absolute Gasteiger partial charge is 0.200 e. The molecule has 0 saturated carbocycles. The number of hydrogen-bond acceptors (Lipinski definition) is 4. The molecule has 84 heavy (non-hydrogen) atoms. The molecule has 6 nitrogen and oxygen atoms in total. The highest BCUT2D eigenvalue weighted by Gasteiger charge is 2.27. The van der Waals surface area contributed by atoms with E-state index in [1.165, 1.54) is 22.3 Å². The third kappa shape index (κ3) is 7.88. The van der Waals surface area contributed by atoms with E-state index in [4.69, 9.17) is 17.7 Å². The van der Waals surface area contributed by atoms with Crippen LogP contribution in [0.2, 0.25) is 0 Å². The second-order valence-electron chi connectivity index (χ2n) is 21.6. The van der Waals surface area contributed by atoms with Crippen LogP contribution in [0.15, 0.2) is 309 Å². The SMILES string of the molecule is c1ccc(-c2ccc(-c3ccc4c(c3)oc3c5oc6cc(-c7ccc(-c8ccccc8)cc7)ccc6n6c7ccc(-c8ccc(-c9ccccc9)cc8)cc7oc(c7oc8cc(-c9ccc(-c%10ccccc%10)cc9)ccc8n4c37)c56)cc2)cc1. The van der Waals surface area contributed by atoms with Gasteiger partial charge in [-0.1, -0.05) is 243 Å². The Bertz CT molecular complexity index is 4740. The summed E-state index contributed by atoms with van der Waals surface area (Å²) in [5.41, 5.74) is 27.3. The minimum Gasteiger partial charge on any atom is -0.449 e. The highest BCUT2D eigenvalue weighted by molar-refractivity contribution is 6.20. The van der Waals surface area contributed by atoms with Crippen LogP contribution in [0.1, 0.15) is 0 Å². The first-order valence-electron chi connectivity index (χ1n) is 28.4. The second-order valence-corrected chi connectivity index (χ2v) is 21.6. The first kappa shape index (κ1) is 47.5. The Labute approximate surface area is 481 Å². The molecule has 0 aliphatic heterocycles. The lowest BCUT2D eigenvalue weighted by molar-refractivity contribution is 0.597. The third-order valence-corrected chi connectivity index (χ3v) is 16.7. The van der Waals surface area contributed by atoms with Crippen molar-refractivity contribution in [2.24, 2.45) is 0 Å². The van der Waals surface area contributed by atoms with Crippen LogP contribution in [0.4, 0.5) is 0 Å². The molecule has 17 aromatic rings. The topological polar surface area (TPSA) is 61.4 Å². The monoisotopic (exact) mass is 1080 g/mol. The maximum Gasteiger partial charge on any atom is 0.200 e. The van der Waals surface area contributed by atoms with Gasteiger partial charge in [0.25, 0.3) is 0 Å². The first-order valence-corrected chi connectivity index (χ1v) is 28.4. The number of hydrogen-bond donors (Lipinski definition) is 0. The van der Waals surface area contributed by atoms with Crippen molar-refractivity contribution in [2.75, 3.05) is 0 Å². The Hall–Kier alpha value is -11.3. The Morgan fingerprint density at radius 3 is 0.536 bits per heavy atom. The van der Waals surface area contributed by atoms with Gasteiger partial charge in [-0.15, -0.1) is 0 Å². The average molecular weight is 1080 g/mol. The number of rotatable bonds is 8. The summed E-state index contributed by atoms with van der Waals surface area (Å²) in [5.74, 6) is 0. The van der Waals surface area contributed by atoms with Gasteiger partial charge in [-0.25, -0.2) is 0 Å². The Morgan fingerprint density at radius 2 is 0.333 bits per heavy atom. The van der Waals surface area contributed by atoms with Gasteiger partial charge in [0, 0.05) is 0 Å². The summed E-state index contributed by atoms with van der Waals surface area (Å²) in [6.07, 6.45) is 0. The van der Waals surface area contributed by atoms with Crippen molar-refractivity contribution in [1.82, 2.24) is 8.80 Å². The van der Waals surface area contributed by atoms with E-state index in [9.17, 15) is 0 Å². The van der Waals surface area contributed by atoms with E-state index in [2.05, 4.69) is 276 Å². The number of aromatic nitrogens is 2. The van der Waals surface area contributed by atoms with Crippen molar-refractivity contribution in [3.05, 3.63) is 291 Å². The summed E-state index contributed by atoms with van der Waals surface area (Å²) < 4.78 is 34.0. The zero-order valence-corrected chi connectivity index (χ0v) is 45.2. The van der Waals surface area contributed by atoms with E-state index in [1.807, 2.05) is 24.3 Å². The molecule has 4 aromatic heterocycles. The Balaban J connectivity index is 0.933. The summed E-state index contributed by atoms with van der Waals surface area (Å²) in [4.78, 5) is 0. The van der Waals surface area contributed by atoms with Gasteiger partial charge in [0.15, 0.2) is 44.7 Å². The van der Waals surface area contributed by atoms with Gasteiger partial charge in [0.1, 0.15) is 11.0 Å². The molecule has 17 rings (SSSR count). The molecular weight excluding hydrogens is 1030 g/mol. The van der Waals surface area contributed by atoms with Crippen LogP contribution < -0.4 is 0 Å². The molecular formula is C78H48N2O4. The molecule has 0 bridgehead atoms. The Morgan fingerprint density at radius 1 is 0.167 bits per heavy atom. The van der Waals surface area contributed by atoms with E-state index in [1.54, 1.807) is 0 Å². The van der Waals surface area contributed by atoms with Gasteiger partial charge in [0.2, 0.25) is 0 Å². The molecule has 0 aliphatic rings. The lowest BCUT2D eigenvalue weighted by Gasteiger charge is -2.20. The van der Waals surface area contributed by atoms with Crippen molar-refractivity contribution in [1.29, 1.82) is 0 Å². The fraction of sp³-hybridized carbons (Fsp3) is 0. The summed E-state index contributed by atoms with van der Waals surface area (Å²) >= 11 is 0. The normalized spacial score (nSPS) is 11.8. The molecule has 0 spiro atoms. The fourth-order valence-electron chi connectivity index (χ4n) is 12.4. The second kappa shape index (κ2) is 19.2. The molecule has 13 aromatic carbocycles. The lowest BCUT2D eigenvalue weighted by atomic mass is 9.99. The molecule has 0 radical (unpaired) electrons. The minimum atomic E-state index is 0.523. The van der Waals surface area contributed by atoms with Crippen LogP contribution in [0.3, 0.4) is 0 Å². The largest absolute Gasteiger partial charge is 0.449 e. The molecule has 0 saturated heterocycles. The lowest BCUT2D eigenvalue weighted by Crippen LogP contribution is -2.02. The molecule has 0 unspecified atom stereocenters. The molecule has 0 fully saturated rings. The van der Waals surface area contributed by atoms with Crippen LogP contribution in [0.5, 0.6) is 0 Å². The highest BCUT2D eigenvalue weighted by Crippen LogP contribution is 2.45. The Kier molecular flexibility index (Phi) is 10.8. The summed E-state index contributed by atoms with van der Waals surface area (Å²) in [7, 11) is 0. The summed E-state index contributed by atoms with van der Waals surface area (Å²) in [5, 5.41) is 0. The zero-order chi connectivity index (χ0) is 55.2. The molecule has 394 valence electrons. The molecule has 0 amide bonds. The van der Waals surface area contributed by atoms with Crippen molar-refractivity contribution in [3.8, 4) is 89.0 Å². The van der Waals surface area contributed by atoms with Crippen LogP contribution in [0.25, 0.3) is 167 Å². The van der Waals surface area contributed by atoms with Crippen LogP contribution in [0, 0.1) is 0 Å². The summed E-state index contributed by atoms with van der Waals surface area (Å²) in [6, 6.07) is 103. The van der Waals surface area contributed by atoms with E-state index in [-0.39, 0.29) is 0 Å². The van der Waals surface area contributed by atoms with Crippen LogP contribution in [-0.4, -0.2) is 8.80 Å². The van der Waals surface area contributed by atoms with Gasteiger partial charge in [-0.3, -0.25) is 8.80 Å². The zero-order valence-electron chi connectivity index (χ0n) is 45.2. The van der Waals surface area contributed by atoms with E-state index in [0.717, 1.165) is 88.8 Å². The maximum atomic E-state index is 7.37. The number of nitrogens with zero attached hydrogens (tertiary/aromatic N) is 2. The predicted molar refractivity (Wildman–Crippen MR) is 344 cm³/mol. The predicted octanol–water partition coefficient (Wildman–Crippen LogP) is 21.9. The molecule has 0 N–H and O–H groups in total. The third-order valence-electron chi connectivity index (χ3n) is 16.7. The fourth-order valence-corrected chi connectivity index (χ4v) is 12.4. The van der Waals surface area contributed by atoms with Crippen LogP contribution >= 0.6 is 0 Å². The molecule has 0 atom stereocenters. The number of fused-ring (bicyclic) bond motifs is 10. The van der Waals surface area contributed by atoms with Gasteiger partial charge in [-0.2, -0.15) is 0 Å². The van der Waals surface area contributed by atoms with Crippen molar-refractivity contribution in [2.45, 2.75) is 0 Å². The van der Waals surface area contributed by atoms with E-state index < -0.39 is 0 Å². The standard InChI is InChI=1S/C78H48N2O4/c1-5-13-49(14-6-1)53-21-29-57(30-22-53)61-37-41-65-69(45-61)81-75-73-77(83-70-46-62(38-42-66(70)79(65)73)58-31-23-54(24-32-58)50-15-7-2-8-16-50)78-74-76(75)82-71-47-63(59-33-25-55(26-34-59)51-17-9-3-10-18-51)39-43-67(71)80(74)68-44-40-64(48-72(68)84-78)60-35-27-56(28-36-60)52-19-11-4-12-20-52/h1-48H. The van der Waals surface area contributed by atoms with Crippen molar-refractivity contribution < 1.29 is 17.7 Å². The quantitative estimate of drug-likeness (QED) is 0.112. The molecule has 6 heteroatoms. The van der Waals surface area contributed by atoms with Crippen molar-refractivity contribution in [3.63, 3.8) is 0 Å². The average Bonchev–Trinajstić information content (AvgIpc) is 0.750. The first-order chi connectivity index (χ1) is 41.6. The number of benzene rings is 13. The van der Waals surface area contributed by atoms with Gasteiger partial charge in [0.05, 0.1) is 22.1 Å². The summed E-state index contributed by atoms with van der Waals surface area (Å²) in [6.45, 7) is 0. The minimum absolute atomic E-state index is 0.523. The van der Waals surface area contributed by atoms with Crippen molar-refractivity contribution >= 4 is 77.8 Å². The van der Waals surface area contributed by atoms with E-state index >= 15 is 0 Å². The van der Waals surface area contributed by atoms with Gasteiger partial charge >= 0.3 is 0 Å².